The molecule has 13 heavy (non-hydrogen) atoms. The van der Waals surface area contributed by atoms with Gasteiger partial charge in [0, 0.05) is 6.04 Å². The molecule has 0 aliphatic carbocycles. The van der Waals surface area contributed by atoms with Crippen molar-refractivity contribution in [2.75, 3.05) is 0 Å². The van der Waals surface area contributed by atoms with Crippen LogP contribution >= 0.6 is 0 Å². The van der Waals surface area contributed by atoms with Gasteiger partial charge in [-0.1, -0.05) is 30.3 Å². The number of rotatable bonds is 4. The van der Waals surface area contributed by atoms with Gasteiger partial charge >= 0.3 is 0 Å². The van der Waals surface area contributed by atoms with Crippen LogP contribution in [0, 0.1) is 0 Å². The minimum atomic E-state index is -0.0548. The Morgan fingerprint density at radius 1 is 1.46 bits per heavy atom. The summed E-state index contributed by atoms with van der Waals surface area (Å²) in [5, 5.41) is 9.05. The van der Waals surface area contributed by atoms with E-state index < -0.39 is 0 Å². The third-order valence-electron chi connectivity index (χ3n) is 2.05. The Balaban J connectivity index is 2.91. The minimum Gasteiger partial charge on any atom is -0.392 e. The van der Waals surface area contributed by atoms with E-state index in [1.165, 1.54) is 0 Å². The number of hydrogen-bond donors (Lipinski definition) is 2. The summed E-state index contributed by atoms with van der Waals surface area (Å²) in [5.41, 5.74) is 7.80. The van der Waals surface area contributed by atoms with Gasteiger partial charge in [-0.3, -0.25) is 0 Å². The summed E-state index contributed by atoms with van der Waals surface area (Å²) in [6.07, 6.45) is 2.52. The Labute approximate surface area is 78.7 Å². The summed E-state index contributed by atoms with van der Waals surface area (Å²) < 4.78 is 0. The Bertz CT molecular complexity index is 283. The molecular weight excluding hydrogens is 162 g/mol. The molecule has 2 heteroatoms. The fraction of sp³-hybridized carbons (Fsp3) is 0.273. The van der Waals surface area contributed by atoms with Crippen molar-refractivity contribution >= 4 is 0 Å². The summed E-state index contributed by atoms with van der Waals surface area (Å²) in [4.78, 5) is 0. The van der Waals surface area contributed by atoms with Gasteiger partial charge in [-0.05, 0) is 17.5 Å². The molecule has 1 aromatic carbocycles. The SMILES string of the molecule is C=CC[C@@H](N)c1ccccc1CO. The van der Waals surface area contributed by atoms with E-state index in [4.69, 9.17) is 10.8 Å². The van der Waals surface area contributed by atoms with Gasteiger partial charge in [0.25, 0.3) is 0 Å². The average Bonchev–Trinajstić information content (AvgIpc) is 2.18. The van der Waals surface area contributed by atoms with Crippen molar-refractivity contribution < 1.29 is 5.11 Å². The van der Waals surface area contributed by atoms with E-state index >= 15 is 0 Å². The second-order valence-corrected chi connectivity index (χ2v) is 2.99. The van der Waals surface area contributed by atoms with E-state index in [1.54, 1.807) is 6.08 Å². The molecule has 0 spiro atoms. The molecule has 0 fully saturated rings. The van der Waals surface area contributed by atoms with Crippen molar-refractivity contribution in [2.24, 2.45) is 5.73 Å². The summed E-state index contributed by atoms with van der Waals surface area (Å²) in [6.45, 7) is 3.68. The fourth-order valence-electron chi connectivity index (χ4n) is 1.35. The zero-order chi connectivity index (χ0) is 9.68. The second kappa shape index (κ2) is 4.80. The summed E-state index contributed by atoms with van der Waals surface area (Å²) >= 11 is 0. The number of benzene rings is 1. The molecule has 3 N–H and O–H groups in total. The van der Waals surface area contributed by atoms with Crippen LogP contribution in [0.2, 0.25) is 0 Å². The van der Waals surface area contributed by atoms with E-state index in [2.05, 4.69) is 6.58 Å². The van der Waals surface area contributed by atoms with Crippen LogP contribution in [0.25, 0.3) is 0 Å². The normalized spacial score (nSPS) is 12.5. The molecule has 2 nitrogen and oxygen atoms in total. The van der Waals surface area contributed by atoms with Crippen molar-refractivity contribution in [1.29, 1.82) is 0 Å². The van der Waals surface area contributed by atoms with Crippen molar-refractivity contribution in [3.63, 3.8) is 0 Å². The van der Waals surface area contributed by atoms with Gasteiger partial charge in [-0.2, -0.15) is 0 Å². The first-order valence-corrected chi connectivity index (χ1v) is 4.34. The van der Waals surface area contributed by atoms with Gasteiger partial charge in [0.15, 0.2) is 0 Å². The van der Waals surface area contributed by atoms with E-state index in [0.29, 0.717) is 0 Å². The topological polar surface area (TPSA) is 46.2 Å². The molecule has 1 atom stereocenters. The van der Waals surface area contributed by atoms with E-state index in [0.717, 1.165) is 17.5 Å². The predicted molar refractivity (Wildman–Crippen MR) is 54.1 cm³/mol. The first-order valence-electron chi connectivity index (χ1n) is 4.34. The molecule has 0 radical (unpaired) electrons. The number of hydrogen-bond acceptors (Lipinski definition) is 2. The van der Waals surface area contributed by atoms with E-state index in [1.807, 2.05) is 24.3 Å². The molecule has 1 aromatic rings. The van der Waals surface area contributed by atoms with Crippen molar-refractivity contribution in [1.82, 2.24) is 0 Å². The van der Waals surface area contributed by atoms with Crippen LogP contribution in [0.15, 0.2) is 36.9 Å². The molecule has 0 heterocycles. The summed E-state index contributed by atoms with van der Waals surface area (Å²) in [5.74, 6) is 0. The molecule has 0 aliphatic heterocycles. The smallest absolute Gasteiger partial charge is 0.0685 e. The lowest BCUT2D eigenvalue weighted by molar-refractivity contribution is 0.280. The predicted octanol–water partition coefficient (Wildman–Crippen LogP) is 1.75. The third kappa shape index (κ3) is 2.41. The highest BCUT2D eigenvalue weighted by atomic mass is 16.3. The van der Waals surface area contributed by atoms with Crippen LogP contribution in [0.4, 0.5) is 0 Å². The van der Waals surface area contributed by atoms with Crippen LogP contribution in [0.5, 0.6) is 0 Å². The average molecular weight is 177 g/mol. The third-order valence-corrected chi connectivity index (χ3v) is 2.05. The molecule has 0 saturated carbocycles. The van der Waals surface area contributed by atoms with Gasteiger partial charge in [0.2, 0.25) is 0 Å². The number of aliphatic hydroxyl groups is 1. The fourth-order valence-corrected chi connectivity index (χ4v) is 1.35. The minimum absolute atomic E-state index is 0.0427. The van der Waals surface area contributed by atoms with Gasteiger partial charge in [-0.25, -0.2) is 0 Å². The van der Waals surface area contributed by atoms with Gasteiger partial charge in [0.1, 0.15) is 0 Å². The highest BCUT2D eigenvalue weighted by Gasteiger charge is 2.07. The highest BCUT2D eigenvalue weighted by Crippen LogP contribution is 2.18. The number of nitrogens with two attached hydrogens (primary N) is 1. The van der Waals surface area contributed by atoms with Crippen LogP contribution in [-0.2, 0) is 6.61 Å². The standard InChI is InChI=1S/C11H15NO/c1-2-5-11(12)10-7-4-3-6-9(10)8-13/h2-4,6-7,11,13H,1,5,8,12H2/t11-/m1/s1. The molecule has 0 amide bonds. The van der Waals surface area contributed by atoms with Crippen LogP contribution < -0.4 is 5.73 Å². The maximum atomic E-state index is 9.05. The molecule has 1 rings (SSSR count). The zero-order valence-corrected chi connectivity index (χ0v) is 7.61. The molecule has 0 aliphatic rings. The van der Waals surface area contributed by atoms with Crippen LogP contribution in [0.1, 0.15) is 23.6 Å². The second-order valence-electron chi connectivity index (χ2n) is 2.99. The summed E-state index contributed by atoms with van der Waals surface area (Å²) in [7, 11) is 0. The number of aliphatic hydroxyl groups excluding tert-OH is 1. The molecular formula is C11H15NO. The van der Waals surface area contributed by atoms with Crippen molar-refractivity contribution in [2.45, 2.75) is 19.1 Å². The van der Waals surface area contributed by atoms with Gasteiger partial charge in [-0.15, -0.1) is 6.58 Å². The van der Waals surface area contributed by atoms with Crippen LogP contribution in [0.3, 0.4) is 0 Å². The largest absolute Gasteiger partial charge is 0.392 e. The Morgan fingerprint density at radius 2 is 2.15 bits per heavy atom. The lowest BCUT2D eigenvalue weighted by Gasteiger charge is -2.13. The van der Waals surface area contributed by atoms with Crippen molar-refractivity contribution in [3.05, 3.63) is 48.0 Å². The van der Waals surface area contributed by atoms with Crippen LogP contribution in [-0.4, -0.2) is 5.11 Å². The molecule has 70 valence electrons. The molecule has 0 aromatic heterocycles. The summed E-state index contributed by atoms with van der Waals surface area (Å²) in [6, 6.07) is 7.60. The molecule has 0 unspecified atom stereocenters. The Hall–Kier alpha value is -1.12. The van der Waals surface area contributed by atoms with E-state index in [9.17, 15) is 0 Å². The molecule has 0 bridgehead atoms. The zero-order valence-electron chi connectivity index (χ0n) is 7.61. The van der Waals surface area contributed by atoms with Crippen molar-refractivity contribution in [3.8, 4) is 0 Å². The van der Waals surface area contributed by atoms with E-state index in [-0.39, 0.29) is 12.6 Å². The monoisotopic (exact) mass is 177 g/mol. The first kappa shape index (κ1) is 9.96. The Kier molecular flexibility index (Phi) is 3.68. The maximum Gasteiger partial charge on any atom is 0.0685 e. The van der Waals surface area contributed by atoms with Gasteiger partial charge < -0.3 is 10.8 Å². The quantitative estimate of drug-likeness (QED) is 0.688. The first-order chi connectivity index (χ1) is 6.29. The lowest BCUT2D eigenvalue weighted by Crippen LogP contribution is -2.11. The Morgan fingerprint density at radius 3 is 2.77 bits per heavy atom. The van der Waals surface area contributed by atoms with Gasteiger partial charge in [0.05, 0.1) is 6.61 Å². The highest BCUT2D eigenvalue weighted by molar-refractivity contribution is 5.29. The molecule has 0 saturated heterocycles. The lowest BCUT2D eigenvalue weighted by atomic mass is 9.99. The maximum absolute atomic E-state index is 9.05.